The topological polar surface area (TPSA) is 25.8 Å². The molecule has 3 rings (SSSR count). The van der Waals surface area contributed by atoms with Crippen molar-refractivity contribution < 1.29 is 0 Å². The molecule has 2 nitrogen and oxygen atoms in total. The van der Waals surface area contributed by atoms with Gasteiger partial charge in [-0.25, -0.2) is 0 Å². The first-order chi connectivity index (χ1) is 9.83. The summed E-state index contributed by atoms with van der Waals surface area (Å²) in [5, 5.41) is 10.1. The van der Waals surface area contributed by atoms with Crippen LogP contribution in [0.25, 0.3) is 0 Å². The minimum atomic E-state index is -0.224. The Morgan fingerprint density at radius 2 is 1.55 bits per heavy atom. The molecule has 1 unspecified atom stereocenters. The number of halogens is 1. The summed E-state index contributed by atoms with van der Waals surface area (Å²) in [4.78, 5) is 0. The molecule has 0 aliphatic carbocycles. The van der Waals surface area contributed by atoms with Gasteiger partial charge in [0.15, 0.2) is 0 Å². The van der Waals surface area contributed by atoms with Crippen molar-refractivity contribution in [1.29, 1.82) is 0 Å². The maximum absolute atomic E-state index is 6.46. The first-order valence-electron chi connectivity index (χ1n) is 6.38. The van der Waals surface area contributed by atoms with Crippen LogP contribution < -0.4 is 0 Å². The highest BCUT2D eigenvalue weighted by Crippen LogP contribution is 2.31. The van der Waals surface area contributed by atoms with Crippen LogP contribution in [-0.4, -0.2) is 10.2 Å². The molecular weight excluding hydrogens is 288 g/mol. The average Bonchev–Trinajstić information content (AvgIpc) is 2.97. The van der Waals surface area contributed by atoms with Crippen LogP contribution in [0.3, 0.4) is 0 Å². The van der Waals surface area contributed by atoms with Gasteiger partial charge >= 0.3 is 0 Å². The molecule has 0 aliphatic heterocycles. The van der Waals surface area contributed by atoms with E-state index in [-0.39, 0.29) is 5.38 Å². The molecule has 0 bridgehead atoms. The molecule has 1 aromatic heterocycles. The van der Waals surface area contributed by atoms with Crippen molar-refractivity contribution >= 4 is 22.9 Å². The Hall–Kier alpha value is -1.71. The summed E-state index contributed by atoms with van der Waals surface area (Å²) >= 11 is 8.03. The molecule has 4 heteroatoms. The van der Waals surface area contributed by atoms with Gasteiger partial charge in [-0.15, -0.1) is 21.8 Å². The van der Waals surface area contributed by atoms with Gasteiger partial charge in [-0.3, -0.25) is 0 Å². The second kappa shape index (κ2) is 6.16. The Labute approximate surface area is 127 Å². The number of nitrogens with zero attached hydrogens (tertiary/aromatic N) is 2. The van der Waals surface area contributed by atoms with Crippen molar-refractivity contribution in [2.45, 2.75) is 11.8 Å². The van der Waals surface area contributed by atoms with Crippen molar-refractivity contribution in [1.82, 2.24) is 10.2 Å². The summed E-state index contributed by atoms with van der Waals surface area (Å²) in [5.41, 5.74) is 2.29. The van der Waals surface area contributed by atoms with Crippen LogP contribution in [-0.2, 0) is 6.42 Å². The minimum absolute atomic E-state index is 0.224. The smallest absolute Gasteiger partial charge is 0.139 e. The largest absolute Gasteiger partial charge is 0.143 e. The Bertz CT molecular complexity index is 667. The first-order valence-corrected chi connectivity index (χ1v) is 7.63. The zero-order chi connectivity index (χ0) is 13.8. The van der Waals surface area contributed by atoms with Gasteiger partial charge in [0.2, 0.25) is 0 Å². The third-order valence-corrected chi connectivity index (χ3v) is 4.57. The van der Waals surface area contributed by atoms with E-state index in [2.05, 4.69) is 22.3 Å². The number of rotatable bonds is 4. The number of hydrogen-bond acceptors (Lipinski definition) is 3. The number of hydrogen-bond donors (Lipinski definition) is 0. The zero-order valence-corrected chi connectivity index (χ0v) is 12.3. The highest BCUT2D eigenvalue weighted by Gasteiger charge is 2.16. The maximum Gasteiger partial charge on any atom is 0.139 e. The van der Waals surface area contributed by atoms with Crippen LogP contribution in [0.4, 0.5) is 0 Å². The molecule has 0 saturated carbocycles. The van der Waals surface area contributed by atoms with Crippen LogP contribution in [0.2, 0.25) is 0 Å². The highest BCUT2D eigenvalue weighted by molar-refractivity contribution is 7.11. The van der Waals surface area contributed by atoms with Crippen molar-refractivity contribution in [2.75, 3.05) is 0 Å². The van der Waals surface area contributed by atoms with Gasteiger partial charge < -0.3 is 0 Å². The van der Waals surface area contributed by atoms with Crippen molar-refractivity contribution in [3.63, 3.8) is 0 Å². The second-order valence-corrected chi connectivity index (χ2v) is 6.00. The lowest BCUT2D eigenvalue weighted by Crippen LogP contribution is -1.91. The van der Waals surface area contributed by atoms with Crippen LogP contribution in [0, 0.1) is 0 Å². The van der Waals surface area contributed by atoms with Gasteiger partial charge in [0, 0.05) is 6.42 Å². The fourth-order valence-electron chi connectivity index (χ4n) is 1.98. The maximum atomic E-state index is 6.46. The standard InChI is InChI=1S/C16H13ClN2S/c17-15(13-9-5-2-6-10-13)16-19-18-14(20-16)11-12-7-3-1-4-8-12/h1-10,15H,11H2. The van der Waals surface area contributed by atoms with E-state index >= 15 is 0 Å². The van der Waals surface area contributed by atoms with E-state index in [9.17, 15) is 0 Å². The van der Waals surface area contributed by atoms with Gasteiger partial charge in [0.1, 0.15) is 15.4 Å². The van der Waals surface area contributed by atoms with Crippen LogP contribution in [0.15, 0.2) is 60.7 Å². The fourth-order valence-corrected chi connectivity index (χ4v) is 3.18. The third-order valence-electron chi connectivity index (χ3n) is 2.99. The molecule has 3 aromatic rings. The van der Waals surface area contributed by atoms with Crippen LogP contribution in [0.1, 0.15) is 26.5 Å². The first kappa shape index (κ1) is 13.3. The van der Waals surface area contributed by atoms with Gasteiger partial charge in [0.25, 0.3) is 0 Å². The summed E-state index contributed by atoms with van der Waals surface area (Å²) in [6, 6.07) is 20.2. The predicted octanol–water partition coefficient (Wildman–Crippen LogP) is 4.46. The lowest BCUT2D eigenvalue weighted by atomic mass is 10.1. The van der Waals surface area contributed by atoms with Crippen LogP contribution in [0.5, 0.6) is 0 Å². The Morgan fingerprint density at radius 3 is 2.25 bits per heavy atom. The molecule has 0 spiro atoms. The minimum Gasteiger partial charge on any atom is -0.143 e. The number of aromatic nitrogens is 2. The molecule has 0 saturated heterocycles. The summed E-state index contributed by atoms with van der Waals surface area (Å²) in [7, 11) is 0. The quantitative estimate of drug-likeness (QED) is 0.665. The second-order valence-electron chi connectivity index (χ2n) is 4.47. The Morgan fingerprint density at radius 1 is 0.900 bits per heavy atom. The van der Waals surface area contributed by atoms with Gasteiger partial charge in [0.05, 0.1) is 0 Å². The SMILES string of the molecule is ClC(c1ccccc1)c1nnc(Cc2ccccc2)s1. The van der Waals surface area contributed by atoms with Crippen molar-refractivity contribution in [3.8, 4) is 0 Å². The monoisotopic (exact) mass is 300 g/mol. The van der Waals surface area contributed by atoms with Crippen LogP contribution >= 0.6 is 22.9 Å². The third kappa shape index (κ3) is 3.06. The van der Waals surface area contributed by atoms with E-state index in [1.54, 1.807) is 11.3 Å². The van der Waals surface area contributed by atoms with Crippen molar-refractivity contribution in [3.05, 3.63) is 81.8 Å². The number of alkyl halides is 1. The van der Waals surface area contributed by atoms with E-state index < -0.39 is 0 Å². The van der Waals surface area contributed by atoms with E-state index in [4.69, 9.17) is 11.6 Å². The van der Waals surface area contributed by atoms with E-state index in [1.165, 1.54) is 5.56 Å². The molecule has 0 radical (unpaired) electrons. The lowest BCUT2D eigenvalue weighted by molar-refractivity contribution is 0.947. The molecule has 2 aromatic carbocycles. The Kier molecular flexibility index (Phi) is 4.09. The summed E-state index contributed by atoms with van der Waals surface area (Å²) in [6.07, 6.45) is 0.802. The summed E-state index contributed by atoms with van der Waals surface area (Å²) in [5.74, 6) is 0. The molecular formula is C16H13ClN2S. The van der Waals surface area contributed by atoms with E-state index in [1.807, 2.05) is 48.5 Å². The molecule has 1 atom stereocenters. The molecule has 0 amide bonds. The van der Waals surface area contributed by atoms with Gasteiger partial charge in [-0.2, -0.15) is 0 Å². The molecule has 0 N–H and O–H groups in total. The normalized spacial score (nSPS) is 12.2. The highest BCUT2D eigenvalue weighted by atomic mass is 35.5. The van der Waals surface area contributed by atoms with Crippen molar-refractivity contribution in [2.24, 2.45) is 0 Å². The Balaban J connectivity index is 1.77. The predicted molar refractivity (Wildman–Crippen MR) is 83.3 cm³/mol. The average molecular weight is 301 g/mol. The van der Waals surface area contributed by atoms with Gasteiger partial charge in [-0.05, 0) is 11.1 Å². The lowest BCUT2D eigenvalue weighted by Gasteiger charge is -2.04. The molecule has 0 fully saturated rings. The zero-order valence-electron chi connectivity index (χ0n) is 10.7. The number of benzene rings is 2. The summed E-state index contributed by atoms with van der Waals surface area (Å²) < 4.78 is 0. The molecule has 1 heterocycles. The molecule has 20 heavy (non-hydrogen) atoms. The van der Waals surface area contributed by atoms with Gasteiger partial charge in [-0.1, -0.05) is 72.0 Å². The van der Waals surface area contributed by atoms with E-state index in [0.717, 1.165) is 22.0 Å². The fraction of sp³-hybridized carbons (Fsp3) is 0.125. The summed E-state index contributed by atoms with van der Waals surface area (Å²) in [6.45, 7) is 0. The molecule has 100 valence electrons. The molecule has 0 aliphatic rings. The van der Waals surface area contributed by atoms with E-state index in [0.29, 0.717) is 0 Å².